The Hall–Kier alpha value is -2.48. The van der Waals surface area contributed by atoms with Crippen molar-refractivity contribution in [2.75, 3.05) is 11.1 Å². The topological polar surface area (TPSA) is 80.9 Å². The molecular formula is C26H27IN4O. The first kappa shape index (κ1) is 21.4. The van der Waals surface area contributed by atoms with Crippen molar-refractivity contribution in [1.82, 2.24) is 9.97 Å². The second-order valence-electron chi connectivity index (χ2n) is 8.86. The number of aryl methyl sites for hydroxylation is 2. The van der Waals surface area contributed by atoms with E-state index in [0.717, 1.165) is 63.1 Å². The maximum absolute atomic E-state index is 12.9. The minimum absolute atomic E-state index is 0.0403. The number of carbonyl (C=O) groups is 1. The van der Waals surface area contributed by atoms with Crippen molar-refractivity contribution in [1.29, 1.82) is 0 Å². The van der Waals surface area contributed by atoms with Gasteiger partial charge < -0.3 is 11.1 Å². The molecular weight excluding hydrogens is 511 g/mol. The first-order valence-corrected chi connectivity index (χ1v) is 12.5. The van der Waals surface area contributed by atoms with Gasteiger partial charge in [-0.3, -0.25) is 4.79 Å². The molecule has 3 aromatic rings. The largest absolute Gasteiger partial charge is 0.399 e. The van der Waals surface area contributed by atoms with Crippen LogP contribution in [0.3, 0.4) is 0 Å². The molecule has 6 heteroatoms. The number of halogens is 1. The zero-order chi connectivity index (χ0) is 22.1. The lowest BCUT2D eigenvalue weighted by Gasteiger charge is -2.26. The van der Waals surface area contributed by atoms with Gasteiger partial charge in [-0.2, -0.15) is 0 Å². The number of nitrogen functional groups attached to an aromatic ring is 1. The van der Waals surface area contributed by atoms with Crippen LogP contribution in [0.25, 0.3) is 11.3 Å². The van der Waals surface area contributed by atoms with E-state index in [2.05, 4.69) is 40.0 Å². The van der Waals surface area contributed by atoms with E-state index in [1.807, 2.05) is 30.3 Å². The smallest absolute Gasteiger partial charge is 0.229 e. The summed E-state index contributed by atoms with van der Waals surface area (Å²) < 4.78 is 1.16. The van der Waals surface area contributed by atoms with E-state index in [1.54, 1.807) is 0 Å². The molecule has 2 aliphatic carbocycles. The number of aromatic nitrogens is 2. The summed E-state index contributed by atoms with van der Waals surface area (Å²) in [4.78, 5) is 23.1. The average molecular weight is 538 g/mol. The SMILES string of the molecule is Nc1ccc2c(c1)CCc1nc(NC(=O)Cc3ccc(I)cc3)c(C3CCCCC3)nc1-2. The molecule has 1 heterocycles. The van der Waals surface area contributed by atoms with Gasteiger partial charge in [-0.25, -0.2) is 9.97 Å². The Bertz CT molecular complexity index is 1150. The summed E-state index contributed by atoms with van der Waals surface area (Å²) in [5, 5.41) is 3.12. The van der Waals surface area contributed by atoms with Crippen molar-refractivity contribution in [3.8, 4) is 11.3 Å². The van der Waals surface area contributed by atoms with E-state index in [-0.39, 0.29) is 5.91 Å². The van der Waals surface area contributed by atoms with Crippen molar-refractivity contribution >= 4 is 40.0 Å². The average Bonchev–Trinajstić information content (AvgIpc) is 2.80. The number of rotatable bonds is 4. The highest BCUT2D eigenvalue weighted by Gasteiger charge is 2.27. The number of nitrogens with two attached hydrogens (primary N) is 1. The molecule has 1 aromatic heterocycles. The molecule has 32 heavy (non-hydrogen) atoms. The van der Waals surface area contributed by atoms with Crippen LogP contribution >= 0.6 is 22.6 Å². The number of nitrogens with zero attached hydrogens (tertiary/aromatic N) is 2. The Kier molecular flexibility index (Phi) is 6.13. The van der Waals surface area contributed by atoms with Crippen LogP contribution in [-0.2, 0) is 24.1 Å². The second kappa shape index (κ2) is 9.17. The van der Waals surface area contributed by atoms with Gasteiger partial charge in [0.2, 0.25) is 5.91 Å². The number of hydrogen-bond acceptors (Lipinski definition) is 4. The molecule has 0 saturated heterocycles. The number of benzene rings is 2. The monoisotopic (exact) mass is 538 g/mol. The molecule has 5 rings (SSSR count). The van der Waals surface area contributed by atoms with Crippen LogP contribution in [0.15, 0.2) is 42.5 Å². The van der Waals surface area contributed by atoms with E-state index in [1.165, 1.54) is 24.8 Å². The van der Waals surface area contributed by atoms with Crippen LogP contribution in [-0.4, -0.2) is 15.9 Å². The summed E-state index contributed by atoms with van der Waals surface area (Å²) in [7, 11) is 0. The minimum atomic E-state index is -0.0403. The third-order valence-corrected chi connectivity index (χ3v) is 7.26. The predicted molar refractivity (Wildman–Crippen MR) is 137 cm³/mol. The van der Waals surface area contributed by atoms with Gasteiger partial charge in [0.05, 0.1) is 23.5 Å². The molecule has 1 amide bonds. The highest BCUT2D eigenvalue weighted by Crippen LogP contribution is 2.39. The number of nitrogens with one attached hydrogen (secondary N) is 1. The highest BCUT2D eigenvalue weighted by molar-refractivity contribution is 14.1. The molecule has 5 nitrogen and oxygen atoms in total. The molecule has 1 saturated carbocycles. The molecule has 0 spiro atoms. The van der Waals surface area contributed by atoms with Gasteiger partial charge >= 0.3 is 0 Å². The Morgan fingerprint density at radius 1 is 1.03 bits per heavy atom. The molecule has 0 unspecified atom stereocenters. The lowest BCUT2D eigenvalue weighted by atomic mass is 9.85. The minimum Gasteiger partial charge on any atom is -0.399 e. The Morgan fingerprint density at radius 2 is 1.81 bits per heavy atom. The molecule has 164 valence electrons. The van der Waals surface area contributed by atoms with Crippen molar-refractivity contribution < 1.29 is 4.79 Å². The zero-order valence-electron chi connectivity index (χ0n) is 18.0. The fourth-order valence-electron chi connectivity index (χ4n) is 4.89. The molecule has 3 N–H and O–H groups in total. The lowest BCUT2D eigenvalue weighted by Crippen LogP contribution is -2.21. The third-order valence-electron chi connectivity index (χ3n) is 6.54. The number of carbonyl (C=O) groups excluding carboxylic acids is 1. The van der Waals surface area contributed by atoms with Crippen LogP contribution < -0.4 is 11.1 Å². The predicted octanol–water partition coefficient (Wildman–Crippen LogP) is 5.66. The van der Waals surface area contributed by atoms with Gasteiger partial charge in [0, 0.05) is 20.7 Å². The van der Waals surface area contributed by atoms with E-state index < -0.39 is 0 Å². The number of anilines is 2. The Labute approximate surface area is 202 Å². The maximum Gasteiger partial charge on any atom is 0.229 e. The maximum atomic E-state index is 12.9. The second-order valence-corrected chi connectivity index (χ2v) is 10.1. The third kappa shape index (κ3) is 4.51. The molecule has 0 bridgehead atoms. The number of hydrogen-bond donors (Lipinski definition) is 2. The highest BCUT2D eigenvalue weighted by atomic mass is 127. The molecule has 1 fully saturated rings. The normalized spacial score (nSPS) is 15.7. The van der Waals surface area contributed by atoms with Gasteiger partial charge in [-0.05, 0) is 83.7 Å². The first-order chi connectivity index (χ1) is 15.6. The van der Waals surface area contributed by atoms with Crippen LogP contribution in [0.1, 0.15) is 60.5 Å². The van der Waals surface area contributed by atoms with Crippen molar-refractivity contribution in [3.05, 3.63) is 68.5 Å². The Morgan fingerprint density at radius 3 is 2.59 bits per heavy atom. The summed E-state index contributed by atoms with van der Waals surface area (Å²) in [6.07, 6.45) is 7.90. The summed E-state index contributed by atoms with van der Waals surface area (Å²) in [5.41, 5.74) is 13.0. The molecule has 2 aromatic carbocycles. The fourth-order valence-corrected chi connectivity index (χ4v) is 5.25. The summed E-state index contributed by atoms with van der Waals surface area (Å²) in [5.74, 6) is 0.959. The van der Waals surface area contributed by atoms with E-state index in [9.17, 15) is 4.79 Å². The van der Waals surface area contributed by atoms with Crippen LogP contribution in [0.5, 0.6) is 0 Å². The van der Waals surface area contributed by atoms with Gasteiger partial charge in [0.1, 0.15) is 0 Å². The van der Waals surface area contributed by atoms with Crippen molar-refractivity contribution in [2.24, 2.45) is 0 Å². The number of amides is 1. The van der Waals surface area contributed by atoms with Gasteiger partial charge in [-0.1, -0.05) is 37.5 Å². The lowest BCUT2D eigenvalue weighted by molar-refractivity contribution is -0.115. The summed E-state index contributed by atoms with van der Waals surface area (Å²) in [6, 6.07) is 14.1. The summed E-state index contributed by atoms with van der Waals surface area (Å²) >= 11 is 2.27. The van der Waals surface area contributed by atoms with Crippen molar-refractivity contribution in [3.63, 3.8) is 0 Å². The summed E-state index contributed by atoms with van der Waals surface area (Å²) in [6.45, 7) is 0. The zero-order valence-corrected chi connectivity index (χ0v) is 20.2. The van der Waals surface area contributed by atoms with Crippen LogP contribution in [0, 0.1) is 3.57 Å². The van der Waals surface area contributed by atoms with E-state index in [4.69, 9.17) is 15.7 Å². The molecule has 0 radical (unpaired) electrons. The van der Waals surface area contributed by atoms with Crippen LogP contribution in [0.2, 0.25) is 0 Å². The van der Waals surface area contributed by atoms with E-state index >= 15 is 0 Å². The fraction of sp³-hybridized carbons (Fsp3) is 0.346. The molecule has 2 aliphatic rings. The first-order valence-electron chi connectivity index (χ1n) is 11.4. The molecule has 0 atom stereocenters. The standard InChI is InChI=1S/C26H27IN4O/c27-19-9-6-16(7-10-19)14-23(32)30-26-24(17-4-2-1-3-5-17)31-25-21-12-11-20(28)15-18(21)8-13-22(25)29-26/h6-7,9-12,15,17H,1-5,8,13-14,28H2,(H,29,30,32). The van der Waals surface area contributed by atoms with Crippen LogP contribution in [0.4, 0.5) is 11.5 Å². The van der Waals surface area contributed by atoms with Gasteiger partial charge in [0.25, 0.3) is 0 Å². The van der Waals surface area contributed by atoms with E-state index in [0.29, 0.717) is 18.2 Å². The quantitative estimate of drug-likeness (QED) is 0.332. The molecule has 0 aliphatic heterocycles. The number of fused-ring (bicyclic) bond motifs is 3. The Balaban J connectivity index is 1.49. The van der Waals surface area contributed by atoms with Gasteiger partial charge in [-0.15, -0.1) is 0 Å². The van der Waals surface area contributed by atoms with Gasteiger partial charge in [0.15, 0.2) is 5.82 Å². The van der Waals surface area contributed by atoms with Crippen molar-refractivity contribution in [2.45, 2.75) is 57.3 Å².